The van der Waals surface area contributed by atoms with Crippen LogP contribution in [0.4, 0.5) is 0 Å². The number of hydrogen-bond acceptors (Lipinski definition) is 2. The molecule has 27 heavy (non-hydrogen) atoms. The van der Waals surface area contributed by atoms with E-state index in [1.807, 2.05) is 38.1 Å². The number of aryl methyl sites for hydroxylation is 1. The van der Waals surface area contributed by atoms with Gasteiger partial charge in [-0.3, -0.25) is 0 Å². The summed E-state index contributed by atoms with van der Waals surface area (Å²) >= 11 is 0. The number of rotatable bonds is 14. The first-order valence-electron chi connectivity index (χ1n) is 10.7. The summed E-state index contributed by atoms with van der Waals surface area (Å²) in [6.07, 6.45) is 16.5. The van der Waals surface area contributed by atoms with E-state index in [1.165, 1.54) is 56.9 Å². The minimum absolute atomic E-state index is 0.220. The molecule has 0 saturated carbocycles. The smallest absolute Gasteiger partial charge is 0.333 e. The van der Waals surface area contributed by atoms with Crippen molar-refractivity contribution >= 4 is 18.1 Å². The molecule has 0 bridgehead atoms. The molecule has 0 atom stereocenters. The van der Waals surface area contributed by atoms with E-state index in [0.717, 1.165) is 24.0 Å². The third-order valence-corrected chi connectivity index (χ3v) is 4.89. The van der Waals surface area contributed by atoms with Crippen LogP contribution in [0.1, 0.15) is 94.7 Å². The highest BCUT2D eigenvalue weighted by atomic mass is 16.5. The van der Waals surface area contributed by atoms with E-state index in [0.29, 0.717) is 12.2 Å². The van der Waals surface area contributed by atoms with Gasteiger partial charge in [-0.15, -0.1) is 0 Å². The van der Waals surface area contributed by atoms with Gasteiger partial charge in [0, 0.05) is 5.57 Å². The topological polar surface area (TPSA) is 26.3 Å². The van der Waals surface area contributed by atoms with Crippen molar-refractivity contribution in [2.45, 2.75) is 85.0 Å². The summed E-state index contributed by atoms with van der Waals surface area (Å²) in [5, 5.41) is 0. The Kier molecular flexibility index (Phi) is 12.3. The van der Waals surface area contributed by atoms with Crippen LogP contribution in [-0.4, -0.2) is 12.6 Å². The molecule has 1 aromatic rings. The van der Waals surface area contributed by atoms with E-state index >= 15 is 0 Å². The molecule has 0 N–H and O–H groups in total. The van der Waals surface area contributed by atoms with Gasteiger partial charge in [0.1, 0.15) is 0 Å². The van der Waals surface area contributed by atoms with Gasteiger partial charge < -0.3 is 4.74 Å². The molecule has 0 aromatic heterocycles. The molecule has 0 aliphatic carbocycles. The summed E-state index contributed by atoms with van der Waals surface area (Å²) in [7, 11) is 0. The number of ether oxygens (including phenoxy) is 1. The van der Waals surface area contributed by atoms with Crippen LogP contribution in [0.15, 0.2) is 30.4 Å². The van der Waals surface area contributed by atoms with Crippen LogP contribution in [0.25, 0.3) is 12.2 Å². The minimum atomic E-state index is -0.220. The van der Waals surface area contributed by atoms with Gasteiger partial charge in [0.05, 0.1) is 6.61 Å². The number of carbonyl (C=O) groups is 1. The Bertz CT molecular complexity index is 598. The molecule has 0 aliphatic rings. The summed E-state index contributed by atoms with van der Waals surface area (Å²) in [6, 6.07) is 6.14. The van der Waals surface area contributed by atoms with Crippen molar-refractivity contribution in [3.63, 3.8) is 0 Å². The van der Waals surface area contributed by atoms with Gasteiger partial charge >= 0.3 is 5.97 Å². The lowest BCUT2D eigenvalue weighted by molar-refractivity contribution is -0.139. The van der Waals surface area contributed by atoms with Crippen molar-refractivity contribution in [2.75, 3.05) is 6.61 Å². The van der Waals surface area contributed by atoms with Gasteiger partial charge in [-0.1, -0.05) is 101 Å². The Balaban J connectivity index is 2.21. The van der Waals surface area contributed by atoms with Crippen molar-refractivity contribution in [1.29, 1.82) is 0 Å². The first-order valence-corrected chi connectivity index (χ1v) is 10.7. The molecule has 150 valence electrons. The number of carbonyl (C=O) groups excluding carboxylic acids is 1. The maximum Gasteiger partial charge on any atom is 0.333 e. The van der Waals surface area contributed by atoms with E-state index in [9.17, 15) is 4.79 Å². The maximum absolute atomic E-state index is 12.2. The molecule has 0 aliphatic heterocycles. The van der Waals surface area contributed by atoms with Gasteiger partial charge in [-0.2, -0.15) is 0 Å². The van der Waals surface area contributed by atoms with E-state index in [4.69, 9.17) is 4.74 Å². The molecule has 0 fully saturated rings. The standard InChI is InChI=1S/C25H38O2/c1-5-7-8-9-10-11-12-13-14-15-18-27-25(26)22(4)20-24-19-21(3)16-17-23(24)6-2/h6,16-17,19-20H,2,5,7-15,18H2,1,3-4H3/b22-20+. The van der Waals surface area contributed by atoms with Crippen LogP contribution in [0.3, 0.4) is 0 Å². The normalized spacial score (nSPS) is 11.4. The second kappa shape index (κ2) is 14.3. The predicted molar refractivity (Wildman–Crippen MR) is 118 cm³/mol. The van der Waals surface area contributed by atoms with E-state index < -0.39 is 0 Å². The zero-order valence-electron chi connectivity index (χ0n) is 17.7. The lowest BCUT2D eigenvalue weighted by Crippen LogP contribution is -2.07. The second-order valence-corrected chi connectivity index (χ2v) is 7.48. The maximum atomic E-state index is 12.2. The minimum Gasteiger partial charge on any atom is -0.462 e. The molecular weight excluding hydrogens is 332 g/mol. The van der Waals surface area contributed by atoms with Crippen LogP contribution >= 0.6 is 0 Å². The van der Waals surface area contributed by atoms with Crippen LogP contribution in [-0.2, 0) is 9.53 Å². The summed E-state index contributed by atoms with van der Waals surface area (Å²) in [5.74, 6) is -0.220. The van der Waals surface area contributed by atoms with E-state index in [1.54, 1.807) is 0 Å². The zero-order valence-corrected chi connectivity index (χ0v) is 17.7. The summed E-state index contributed by atoms with van der Waals surface area (Å²) in [6.45, 7) is 10.5. The molecule has 2 heteroatoms. The Hall–Kier alpha value is -1.83. The fourth-order valence-corrected chi connectivity index (χ4v) is 3.17. The average molecular weight is 371 g/mol. The van der Waals surface area contributed by atoms with E-state index in [2.05, 4.69) is 19.6 Å². The highest BCUT2D eigenvalue weighted by molar-refractivity contribution is 5.93. The monoisotopic (exact) mass is 370 g/mol. The molecule has 2 nitrogen and oxygen atoms in total. The van der Waals surface area contributed by atoms with E-state index in [-0.39, 0.29) is 5.97 Å². The molecule has 0 saturated heterocycles. The first-order chi connectivity index (χ1) is 13.1. The largest absolute Gasteiger partial charge is 0.462 e. The zero-order chi connectivity index (χ0) is 19.9. The lowest BCUT2D eigenvalue weighted by atomic mass is 10.0. The molecule has 0 unspecified atom stereocenters. The molecule has 1 aromatic carbocycles. The van der Waals surface area contributed by atoms with Gasteiger partial charge in [0.2, 0.25) is 0 Å². The SMILES string of the molecule is C=Cc1ccc(C)cc1/C=C(\C)C(=O)OCCCCCCCCCCCC. The second-order valence-electron chi connectivity index (χ2n) is 7.48. The summed E-state index contributed by atoms with van der Waals surface area (Å²) < 4.78 is 5.42. The number of esters is 1. The summed E-state index contributed by atoms with van der Waals surface area (Å²) in [5.41, 5.74) is 3.84. The van der Waals surface area contributed by atoms with Crippen molar-refractivity contribution in [3.05, 3.63) is 47.0 Å². The highest BCUT2D eigenvalue weighted by Crippen LogP contribution is 2.17. The van der Waals surface area contributed by atoms with Crippen LogP contribution in [0, 0.1) is 6.92 Å². The van der Waals surface area contributed by atoms with Gasteiger partial charge in [0.25, 0.3) is 0 Å². The fraction of sp³-hybridized carbons (Fsp3) is 0.560. The Labute approximate surface area is 166 Å². The van der Waals surface area contributed by atoms with Gasteiger partial charge in [0.15, 0.2) is 0 Å². The molecule has 0 amide bonds. The molecule has 1 rings (SSSR count). The fourth-order valence-electron chi connectivity index (χ4n) is 3.17. The number of benzene rings is 1. The Morgan fingerprint density at radius 3 is 2.15 bits per heavy atom. The number of hydrogen-bond donors (Lipinski definition) is 0. The quantitative estimate of drug-likeness (QED) is 0.192. The Morgan fingerprint density at radius 1 is 0.963 bits per heavy atom. The predicted octanol–water partition coefficient (Wildman–Crippen LogP) is 7.51. The third kappa shape index (κ3) is 10.2. The van der Waals surface area contributed by atoms with Crippen molar-refractivity contribution in [2.24, 2.45) is 0 Å². The van der Waals surface area contributed by atoms with Crippen LogP contribution < -0.4 is 0 Å². The summed E-state index contributed by atoms with van der Waals surface area (Å²) in [4.78, 5) is 12.2. The third-order valence-electron chi connectivity index (χ3n) is 4.89. The lowest BCUT2D eigenvalue weighted by Gasteiger charge is -2.07. The molecule has 0 heterocycles. The molecule has 0 spiro atoms. The first kappa shape index (κ1) is 23.2. The number of unbranched alkanes of at least 4 members (excludes halogenated alkanes) is 9. The molecule has 0 radical (unpaired) electrons. The van der Waals surface area contributed by atoms with Crippen molar-refractivity contribution < 1.29 is 9.53 Å². The van der Waals surface area contributed by atoms with Gasteiger partial charge in [-0.25, -0.2) is 4.79 Å². The van der Waals surface area contributed by atoms with Crippen LogP contribution in [0.5, 0.6) is 0 Å². The van der Waals surface area contributed by atoms with Crippen molar-refractivity contribution in [1.82, 2.24) is 0 Å². The molecular formula is C25H38O2. The van der Waals surface area contributed by atoms with Crippen LogP contribution in [0.2, 0.25) is 0 Å². The van der Waals surface area contributed by atoms with Crippen molar-refractivity contribution in [3.8, 4) is 0 Å². The highest BCUT2D eigenvalue weighted by Gasteiger charge is 2.07. The Morgan fingerprint density at radius 2 is 1.56 bits per heavy atom. The average Bonchev–Trinajstić information content (AvgIpc) is 2.66. The van der Waals surface area contributed by atoms with Gasteiger partial charge in [-0.05, 0) is 37.5 Å².